The summed E-state index contributed by atoms with van der Waals surface area (Å²) < 4.78 is 56.9. The molecule has 2 aliphatic heterocycles. The van der Waals surface area contributed by atoms with Gasteiger partial charge in [-0.3, -0.25) is 0 Å². The van der Waals surface area contributed by atoms with Gasteiger partial charge >= 0.3 is 0 Å². The molecule has 3 heterocycles. The Morgan fingerprint density at radius 2 is 2.13 bits per heavy atom. The molecule has 2 saturated heterocycles. The Morgan fingerprint density at radius 3 is 2.65 bits per heavy atom. The highest BCUT2D eigenvalue weighted by atomic mass is 35.5. The number of halogens is 1. The van der Waals surface area contributed by atoms with Gasteiger partial charge in [0.15, 0.2) is 9.84 Å². The van der Waals surface area contributed by atoms with Crippen LogP contribution >= 0.6 is 22.9 Å². The summed E-state index contributed by atoms with van der Waals surface area (Å²) in [5.74, 6) is -0.0987. The van der Waals surface area contributed by atoms with Gasteiger partial charge in [0.1, 0.15) is 4.21 Å². The second-order valence-corrected chi connectivity index (χ2v) is 11.9. The van der Waals surface area contributed by atoms with Crippen LogP contribution in [-0.4, -0.2) is 57.9 Å². The second-order valence-electron chi connectivity index (χ2n) is 5.83. The van der Waals surface area contributed by atoms with Crippen molar-refractivity contribution in [2.75, 3.05) is 24.7 Å². The molecular weight excluding hydrogens is 382 g/mol. The molecule has 130 valence electrons. The quantitative estimate of drug-likeness (QED) is 0.753. The van der Waals surface area contributed by atoms with Crippen molar-refractivity contribution in [3.05, 3.63) is 16.5 Å². The van der Waals surface area contributed by atoms with Gasteiger partial charge in [0.2, 0.25) is 0 Å². The minimum atomic E-state index is -3.78. The average molecular weight is 400 g/mol. The molecule has 2 atom stereocenters. The maximum atomic E-state index is 13.0. The van der Waals surface area contributed by atoms with Gasteiger partial charge in [0.05, 0.1) is 21.9 Å². The molecule has 2 aliphatic rings. The normalized spacial score (nSPS) is 27.7. The average Bonchev–Trinajstić information content (AvgIpc) is 3.17. The van der Waals surface area contributed by atoms with E-state index in [2.05, 4.69) is 0 Å². The van der Waals surface area contributed by atoms with Crippen LogP contribution in [-0.2, 0) is 24.6 Å². The van der Waals surface area contributed by atoms with Gasteiger partial charge in [-0.1, -0.05) is 11.6 Å². The van der Waals surface area contributed by atoms with Gasteiger partial charge in [0, 0.05) is 19.2 Å². The van der Waals surface area contributed by atoms with E-state index in [-0.39, 0.29) is 28.4 Å². The standard InChI is InChI=1S/C13H18ClNO5S3/c14-12-3-4-13(21-12)23(18,19)15(8-11-2-1-6-20-11)10-5-7-22(16,17)9-10/h3-4,10-11H,1-2,5-9H2/t10-,11+/m0/s1. The van der Waals surface area contributed by atoms with E-state index in [0.717, 1.165) is 24.2 Å². The van der Waals surface area contributed by atoms with Gasteiger partial charge in [-0.15, -0.1) is 11.3 Å². The number of nitrogens with zero attached hydrogens (tertiary/aromatic N) is 1. The molecule has 0 radical (unpaired) electrons. The maximum Gasteiger partial charge on any atom is 0.252 e. The van der Waals surface area contributed by atoms with E-state index in [1.807, 2.05) is 0 Å². The fourth-order valence-electron chi connectivity index (χ4n) is 2.99. The summed E-state index contributed by atoms with van der Waals surface area (Å²) in [6.45, 7) is 0.810. The van der Waals surface area contributed by atoms with Crippen LogP contribution in [0.1, 0.15) is 19.3 Å². The fourth-order valence-corrected chi connectivity index (χ4v) is 8.11. The molecule has 3 rings (SSSR count). The Hall–Kier alpha value is -0.190. The van der Waals surface area contributed by atoms with Crippen LogP contribution < -0.4 is 0 Å². The molecule has 0 aliphatic carbocycles. The predicted molar refractivity (Wildman–Crippen MR) is 89.3 cm³/mol. The smallest absolute Gasteiger partial charge is 0.252 e. The third-order valence-corrected chi connectivity index (χ3v) is 9.50. The largest absolute Gasteiger partial charge is 0.377 e. The summed E-state index contributed by atoms with van der Waals surface area (Å²) in [5, 5.41) is 0. The zero-order valence-corrected chi connectivity index (χ0v) is 15.6. The molecule has 0 spiro atoms. The minimum Gasteiger partial charge on any atom is -0.377 e. The van der Waals surface area contributed by atoms with Gasteiger partial charge in [0.25, 0.3) is 10.0 Å². The van der Waals surface area contributed by atoms with Crippen molar-refractivity contribution in [1.29, 1.82) is 0 Å². The summed E-state index contributed by atoms with van der Waals surface area (Å²) >= 11 is 6.85. The van der Waals surface area contributed by atoms with Crippen LogP contribution in [0.2, 0.25) is 4.34 Å². The molecule has 0 N–H and O–H groups in total. The van der Waals surface area contributed by atoms with Crippen molar-refractivity contribution < 1.29 is 21.6 Å². The lowest BCUT2D eigenvalue weighted by Crippen LogP contribution is -2.44. The van der Waals surface area contributed by atoms with E-state index in [1.165, 1.54) is 16.4 Å². The van der Waals surface area contributed by atoms with Crippen LogP contribution in [0.25, 0.3) is 0 Å². The lowest BCUT2D eigenvalue weighted by atomic mass is 10.2. The molecule has 1 aromatic rings. The van der Waals surface area contributed by atoms with Crippen LogP contribution in [0, 0.1) is 0 Å². The molecular formula is C13H18ClNO5S3. The van der Waals surface area contributed by atoms with Crippen molar-refractivity contribution in [2.24, 2.45) is 0 Å². The summed E-state index contributed by atoms with van der Waals surface area (Å²) in [7, 11) is -6.96. The molecule has 0 aromatic carbocycles. The minimum absolute atomic E-state index is 0.0282. The Kier molecular flexibility index (Phi) is 5.06. The molecule has 0 bridgehead atoms. The number of hydrogen-bond donors (Lipinski definition) is 0. The summed E-state index contributed by atoms with van der Waals surface area (Å²) in [6.07, 6.45) is 1.83. The Morgan fingerprint density at radius 1 is 1.35 bits per heavy atom. The lowest BCUT2D eigenvalue weighted by molar-refractivity contribution is 0.0877. The van der Waals surface area contributed by atoms with Crippen molar-refractivity contribution in [1.82, 2.24) is 4.31 Å². The SMILES string of the molecule is O=S1(=O)CC[C@H](N(C[C@H]2CCCO2)S(=O)(=O)c2ccc(Cl)s2)C1. The van der Waals surface area contributed by atoms with E-state index in [1.54, 1.807) is 0 Å². The Labute approximate surface area is 145 Å². The van der Waals surface area contributed by atoms with Crippen LogP contribution in [0.5, 0.6) is 0 Å². The van der Waals surface area contributed by atoms with Gasteiger partial charge in [-0.25, -0.2) is 16.8 Å². The molecule has 23 heavy (non-hydrogen) atoms. The van der Waals surface area contributed by atoms with Gasteiger partial charge in [-0.2, -0.15) is 4.31 Å². The third-order valence-electron chi connectivity index (χ3n) is 4.13. The van der Waals surface area contributed by atoms with Crippen LogP contribution in [0.15, 0.2) is 16.3 Å². The molecule has 10 heteroatoms. The Bertz CT molecular complexity index is 767. The number of rotatable bonds is 5. The number of sulfone groups is 1. The number of hydrogen-bond acceptors (Lipinski definition) is 6. The van der Waals surface area contributed by atoms with Crippen molar-refractivity contribution in [3.63, 3.8) is 0 Å². The summed E-state index contributed by atoms with van der Waals surface area (Å²) in [6, 6.07) is 2.47. The van der Waals surface area contributed by atoms with Crippen LogP contribution in [0.3, 0.4) is 0 Å². The van der Waals surface area contributed by atoms with Gasteiger partial charge < -0.3 is 4.74 Å². The molecule has 1 aromatic heterocycles. The molecule has 0 amide bonds. The monoisotopic (exact) mass is 399 g/mol. The van der Waals surface area contributed by atoms with Crippen molar-refractivity contribution in [3.8, 4) is 0 Å². The number of ether oxygens (including phenoxy) is 1. The first-order valence-corrected chi connectivity index (χ1v) is 11.8. The van der Waals surface area contributed by atoms with Crippen LogP contribution in [0.4, 0.5) is 0 Å². The zero-order valence-electron chi connectivity index (χ0n) is 12.4. The maximum absolute atomic E-state index is 13.0. The van der Waals surface area contributed by atoms with E-state index in [4.69, 9.17) is 16.3 Å². The number of sulfonamides is 1. The van der Waals surface area contributed by atoms with E-state index < -0.39 is 25.9 Å². The molecule has 0 unspecified atom stereocenters. The summed E-state index contributed by atoms with van der Waals surface area (Å²) in [4.78, 5) is 0. The summed E-state index contributed by atoms with van der Waals surface area (Å²) in [5.41, 5.74) is 0. The molecule has 0 saturated carbocycles. The molecule has 2 fully saturated rings. The fraction of sp³-hybridized carbons (Fsp3) is 0.692. The first-order chi connectivity index (χ1) is 10.8. The first kappa shape index (κ1) is 17.6. The third kappa shape index (κ3) is 3.91. The Balaban J connectivity index is 1.90. The van der Waals surface area contributed by atoms with Crippen molar-refractivity contribution in [2.45, 2.75) is 35.6 Å². The van der Waals surface area contributed by atoms with E-state index in [0.29, 0.717) is 17.4 Å². The molecule has 6 nitrogen and oxygen atoms in total. The highest BCUT2D eigenvalue weighted by Gasteiger charge is 2.40. The highest BCUT2D eigenvalue weighted by molar-refractivity contribution is 7.92. The zero-order chi connectivity index (χ0) is 16.7. The topological polar surface area (TPSA) is 80.8 Å². The lowest BCUT2D eigenvalue weighted by Gasteiger charge is -2.28. The van der Waals surface area contributed by atoms with Crippen molar-refractivity contribution >= 4 is 42.8 Å². The van der Waals surface area contributed by atoms with E-state index >= 15 is 0 Å². The predicted octanol–water partition coefficient (Wildman–Crippen LogP) is 1.76. The highest BCUT2D eigenvalue weighted by Crippen LogP contribution is 2.32. The van der Waals surface area contributed by atoms with Gasteiger partial charge in [-0.05, 0) is 31.4 Å². The van der Waals surface area contributed by atoms with E-state index in [9.17, 15) is 16.8 Å². The first-order valence-electron chi connectivity index (χ1n) is 7.37. The number of thiophene rings is 1. The second kappa shape index (κ2) is 6.61.